The van der Waals surface area contributed by atoms with E-state index in [1.165, 1.54) is 23.9 Å². The van der Waals surface area contributed by atoms with E-state index in [0.717, 1.165) is 24.5 Å². The third-order valence-corrected chi connectivity index (χ3v) is 8.47. The summed E-state index contributed by atoms with van der Waals surface area (Å²) in [7, 11) is 0. The van der Waals surface area contributed by atoms with Gasteiger partial charge in [-0.05, 0) is 38.1 Å². The average Bonchev–Trinajstić information content (AvgIpc) is 3.00. The molecule has 3 aromatic rings. The second-order valence-corrected chi connectivity index (χ2v) is 11.5. The molecule has 2 aliphatic heterocycles. The maximum Gasteiger partial charge on any atom is 0.257 e. The SMILES string of the molecule is CCOc1ccccc1N1CCN(C(=O)CSc2nc(Cl)cc(N3CCN(C(=O)c4ccccc4F)C(C)C3)n2)CC1. The van der Waals surface area contributed by atoms with E-state index in [-0.39, 0.29) is 34.3 Å². The van der Waals surface area contributed by atoms with Crippen molar-refractivity contribution >= 4 is 46.7 Å². The van der Waals surface area contributed by atoms with Crippen LogP contribution in [0.5, 0.6) is 5.75 Å². The number of carbonyl (C=O) groups is 2. The zero-order valence-corrected chi connectivity index (χ0v) is 25.3. The topological polar surface area (TPSA) is 82.1 Å². The van der Waals surface area contributed by atoms with Gasteiger partial charge in [-0.1, -0.05) is 47.6 Å². The fourth-order valence-electron chi connectivity index (χ4n) is 5.28. The van der Waals surface area contributed by atoms with Crippen LogP contribution in [0, 0.1) is 5.82 Å². The number of hydrogen-bond donors (Lipinski definition) is 0. The predicted octanol–water partition coefficient (Wildman–Crippen LogP) is 4.46. The number of carbonyl (C=O) groups excluding carboxylic acids is 2. The van der Waals surface area contributed by atoms with Crippen LogP contribution in [0.3, 0.4) is 0 Å². The maximum absolute atomic E-state index is 14.2. The van der Waals surface area contributed by atoms with Crippen molar-refractivity contribution in [2.75, 3.05) is 68.0 Å². The van der Waals surface area contributed by atoms with Gasteiger partial charge in [-0.3, -0.25) is 9.59 Å². The Labute approximate surface area is 254 Å². The number of amides is 2. The molecule has 2 saturated heterocycles. The number of benzene rings is 2. The third-order valence-electron chi connectivity index (χ3n) is 7.44. The lowest BCUT2D eigenvalue weighted by molar-refractivity contribution is -0.128. The van der Waals surface area contributed by atoms with Gasteiger partial charge in [-0.25, -0.2) is 14.4 Å². The molecule has 0 N–H and O–H groups in total. The van der Waals surface area contributed by atoms with Gasteiger partial charge in [0.2, 0.25) is 5.91 Å². The Hall–Kier alpha value is -3.57. The normalized spacial score (nSPS) is 17.4. The van der Waals surface area contributed by atoms with Gasteiger partial charge in [-0.2, -0.15) is 0 Å². The highest BCUT2D eigenvalue weighted by Gasteiger charge is 2.30. The van der Waals surface area contributed by atoms with Crippen molar-refractivity contribution in [2.45, 2.75) is 25.0 Å². The molecular formula is C30H34ClFN6O3S. The lowest BCUT2D eigenvalue weighted by Crippen LogP contribution is -2.54. The molecule has 9 nitrogen and oxygen atoms in total. The lowest BCUT2D eigenvalue weighted by Gasteiger charge is -2.40. The molecule has 222 valence electrons. The average molecular weight is 613 g/mol. The molecule has 1 aromatic heterocycles. The van der Waals surface area contributed by atoms with Gasteiger partial charge < -0.3 is 24.3 Å². The zero-order chi connectivity index (χ0) is 29.6. The molecule has 1 unspecified atom stereocenters. The van der Waals surface area contributed by atoms with E-state index in [1.807, 2.05) is 47.9 Å². The molecule has 2 amide bonds. The number of anilines is 2. The molecule has 0 bridgehead atoms. The molecule has 5 rings (SSSR count). The van der Waals surface area contributed by atoms with Crippen molar-refractivity contribution in [1.82, 2.24) is 19.8 Å². The highest BCUT2D eigenvalue weighted by atomic mass is 35.5. The van der Waals surface area contributed by atoms with Crippen LogP contribution in [0.2, 0.25) is 5.15 Å². The molecule has 2 fully saturated rings. The Kier molecular flexibility index (Phi) is 9.69. The number of aromatic nitrogens is 2. The molecule has 0 aliphatic carbocycles. The second-order valence-electron chi connectivity index (χ2n) is 10.2. The number of para-hydroxylation sites is 2. The van der Waals surface area contributed by atoms with E-state index in [0.29, 0.717) is 50.3 Å². The minimum Gasteiger partial charge on any atom is -0.492 e. The third kappa shape index (κ3) is 6.90. The van der Waals surface area contributed by atoms with Gasteiger partial charge in [-0.15, -0.1) is 0 Å². The Morgan fingerprint density at radius 1 is 1.00 bits per heavy atom. The van der Waals surface area contributed by atoms with Crippen molar-refractivity contribution in [1.29, 1.82) is 0 Å². The van der Waals surface area contributed by atoms with E-state index in [9.17, 15) is 14.0 Å². The number of ether oxygens (including phenoxy) is 1. The molecular weight excluding hydrogens is 579 g/mol. The van der Waals surface area contributed by atoms with Crippen molar-refractivity contribution < 1.29 is 18.7 Å². The van der Waals surface area contributed by atoms with E-state index in [4.69, 9.17) is 16.3 Å². The standard InChI is InChI=1S/C30H34ClFN6O3S/c1-3-41-25-11-7-6-10-24(25)35-12-14-36(15-13-35)28(39)20-42-30-33-26(31)18-27(34-30)37-16-17-38(21(2)19-37)29(40)22-8-4-5-9-23(22)32/h4-11,18,21H,3,12-17,19-20H2,1-2H3. The molecule has 2 aliphatic rings. The minimum absolute atomic E-state index is 0.0248. The Balaban J connectivity index is 1.15. The van der Waals surface area contributed by atoms with Crippen LogP contribution in [-0.2, 0) is 4.79 Å². The molecule has 42 heavy (non-hydrogen) atoms. The monoisotopic (exact) mass is 612 g/mol. The summed E-state index contributed by atoms with van der Waals surface area (Å²) in [6.07, 6.45) is 0. The molecule has 12 heteroatoms. The summed E-state index contributed by atoms with van der Waals surface area (Å²) < 4.78 is 20.0. The summed E-state index contributed by atoms with van der Waals surface area (Å²) in [6.45, 7) is 8.62. The van der Waals surface area contributed by atoms with Crippen LogP contribution < -0.4 is 14.5 Å². The first-order chi connectivity index (χ1) is 20.3. The summed E-state index contributed by atoms with van der Waals surface area (Å²) in [5, 5.41) is 0.710. The summed E-state index contributed by atoms with van der Waals surface area (Å²) in [6, 6.07) is 15.5. The molecule has 1 atom stereocenters. The Morgan fingerprint density at radius 3 is 2.45 bits per heavy atom. The van der Waals surface area contributed by atoms with E-state index >= 15 is 0 Å². The molecule has 0 saturated carbocycles. The summed E-state index contributed by atoms with van der Waals surface area (Å²) in [5.41, 5.74) is 1.12. The summed E-state index contributed by atoms with van der Waals surface area (Å²) in [4.78, 5) is 42.8. The molecule has 0 spiro atoms. The van der Waals surface area contributed by atoms with Crippen LogP contribution in [0.25, 0.3) is 0 Å². The van der Waals surface area contributed by atoms with Gasteiger partial charge in [0, 0.05) is 57.9 Å². The number of hydrogen-bond acceptors (Lipinski definition) is 8. The lowest BCUT2D eigenvalue weighted by atomic mass is 10.1. The molecule has 3 heterocycles. The van der Waals surface area contributed by atoms with E-state index in [2.05, 4.69) is 14.9 Å². The number of thioether (sulfide) groups is 1. The predicted molar refractivity (Wildman–Crippen MR) is 163 cm³/mol. The smallest absolute Gasteiger partial charge is 0.257 e. The first-order valence-corrected chi connectivity index (χ1v) is 15.4. The second kappa shape index (κ2) is 13.6. The first-order valence-electron chi connectivity index (χ1n) is 14.1. The minimum atomic E-state index is -0.523. The summed E-state index contributed by atoms with van der Waals surface area (Å²) in [5.74, 6) is 0.876. The highest BCUT2D eigenvalue weighted by Crippen LogP contribution is 2.29. The van der Waals surface area contributed by atoms with Crippen LogP contribution in [0.4, 0.5) is 15.9 Å². The number of piperazine rings is 2. The molecule has 2 aromatic carbocycles. The maximum atomic E-state index is 14.2. The highest BCUT2D eigenvalue weighted by molar-refractivity contribution is 7.99. The zero-order valence-electron chi connectivity index (χ0n) is 23.7. The Morgan fingerprint density at radius 2 is 1.71 bits per heavy atom. The van der Waals surface area contributed by atoms with Gasteiger partial charge in [0.15, 0.2) is 5.16 Å². The fraction of sp³-hybridized carbons (Fsp3) is 0.400. The molecule has 0 radical (unpaired) electrons. The first kappa shape index (κ1) is 29.9. The number of halogens is 2. The van der Waals surface area contributed by atoms with Crippen LogP contribution in [0.15, 0.2) is 59.8 Å². The quantitative estimate of drug-likeness (QED) is 0.210. The van der Waals surface area contributed by atoms with Crippen molar-refractivity contribution in [2.24, 2.45) is 0 Å². The van der Waals surface area contributed by atoms with Crippen LogP contribution >= 0.6 is 23.4 Å². The fourth-order valence-corrected chi connectivity index (χ4v) is 6.26. The van der Waals surface area contributed by atoms with E-state index in [1.54, 1.807) is 23.1 Å². The number of nitrogens with zero attached hydrogens (tertiary/aromatic N) is 6. The van der Waals surface area contributed by atoms with Crippen molar-refractivity contribution in [3.63, 3.8) is 0 Å². The van der Waals surface area contributed by atoms with E-state index < -0.39 is 5.82 Å². The van der Waals surface area contributed by atoms with Gasteiger partial charge in [0.25, 0.3) is 5.91 Å². The number of rotatable bonds is 8. The van der Waals surface area contributed by atoms with Crippen molar-refractivity contribution in [3.8, 4) is 5.75 Å². The van der Waals surface area contributed by atoms with Crippen LogP contribution in [0.1, 0.15) is 24.2 Å². The van der Waals surface area contributed by atoms with Gasteiger partial charge in [0.1, 0.15) is 22.5 Å². The van der Waals surface area contributed by atoms with Crippen LogP contribution in [-0.4, -0.2) is 95.8 Å². The van der Waals surface area contributed by atoms with Crippen molar-refractivity contribution in [3.05, 3.63) is 71.1 Å². The summed E-state index contributed by atoms with van der Waals surface area (Å²) >= 11 is 7.61. The van der Waals surface area contributed by atoms with Gasteiger partial charge >= 0.3 is 0 Å². The van der Waals surface area contributed by atoms with Gasteiger partial charge in [0.05, 0.1) is 23.6 Å². The Bertz CT molecular complexity index is 1420. The largest absolute Gasteiger partial charge is 0.492 e.